The van der Waals surface area contributed by atoms with Crippen molar-refractivity contribution in [2.75, 3.05) is 0 Å². The summed E-state index contributed by atoms with van der Waals surface area (Å²) in [5.41, 5.74) is 0.814. The molecule has 1 aromatic carbocycles. The van der Waals surface area contributed by atoms with Gasteiger partial charge in [0.15, 0.2) is 5.75 Å². The van der Waals surface area contributed by atoms with Crippen molar-refractivity contribution in [2.45, 2.75) is 0 Å². The van der Waals surface area contributed by atoms with E-state index in [1.807, 2.05) is 18.2 Å². The third-order valence-corrected chi connectivity index (χ3v) is 1.60. The number of amides is 1. The highest BCUT2D eigenvalue weighted by Gasteiger charge is 2.03. The number of carbonyl (C=O) groups is 1. The first kappa shape index (κ1) is 7.67. The van der Waals surface area contributed by atoms with E-state index < -0.39 is 5.91 Å². The molecule has 1 aliphatic heterocycles. The van der Waals surface area contributed by atoms with Crippen LogP contribution in [-0.4, -0.2) is 5.91 Å². The highest BCUT2D eigenvalue weighted by molar-refractivity contribution is 5.92. The summed E-state index contributed by atoms with van der Waals surface area (Å²) in [6, 6.07) is 7.27. The number of carbonyl (C=O) groups excluding carboxylic acids is 1. The van der Waals surface area contributed by atoms with Crippen LogP contribution >= 0.6 is 0 Å². The Morgan fingerprint density at radius 2 is 2.00 bits per heavy atom. The fourth-order valence-corrected chi connectivity index (χ4v) is 1.00. The van der Waals surface area contributed by atoms with Crippen molar-refractivity contribution in [1.29, 1.82) is 0 Å². The van der Waals surface area contributed by atoms with Gasteiger partial charge in [0.1, 0.15) is 0 Å². The molecule has 0 N–H and O–H groups in total. The molecule has 0 atom stereocenters. The lowest BCUT2D eigenvalue weighted by molar-refractivity contribution is -0.114. The first-order chi connectivity index (χ1) is 6.36. The summed E-state index contributed by atoms with van der Waals surface area (Å²) < 4.78 is 0. The van der Waals surface area contributed by atoms with Gasteiger partial charge < -0.3 is 4.84 Å². The van der Waals surface area contributed by atoms with Crippen LogP contribution in [0.25, 0.3) is 6.08 Å². The average Bonchev–Trinajstić information content (AvgIpc) is 2.13. The maximum absolute atomic E-state index is 10.8. The van der Waals surface area contributed by atoms with E-state index in [0.29, 0.717) is 5.75 Å². The Morgan fingerprint density at radius 1 is 1.15 bits per heavy atom. The molecule has 13 heavy (non-hydrogen) atoms. The predicted octanol–water partition coefficient (Wildman–Crippen LogP) is 1.99. The van der Waals surface area contributed by atoms with Crippen LogP contribution in [0, 0.1) is 0 Å². The molecule has 0 spiro atoms. The van der Waals surface area contributed by atoms with Gasteiger partial charge in [-0.2, -0.15) is 0 Å². The molecule has 1 aromatic rings. The molecule has 0 aromatic heterocycles. The van der Waals surface area contributed by atoms with Crippen LogP contribution in [0.5, 0.6) is 5.75 Å². The average molecular weight is 174 g/mol. The van der Waals surface area contributed by atoms with Gasteiger partial charge in [-0.15, -0.1) is 0 Å². The Labute approximate surface area is 74.5 Å². The molecule has 0 bridgehead atoms. The Kier molecular flexibility index (Phi) is 1.88. The minimum atomic E-state index is -0.422. The number of hydrogen-bond acceptors (Lipinski definition) is 3. The van der Waals surface area contributed by atoms with Crippen LogP contribution in [0.2, 0.25) is 0 Å². The highest BCUT2D eigenvalue weighted by atomic mass is 16.6. The molecule has 0 saturated heterocycles. The molecule has 4 nitrogen and oxygen atoms in total. The monoisotopic (exact) mass is 174 g/mol. The molecule has 0 saturated carbocycles. The lowest BCUT2D eigenvalue weighted by Crippen LogP contribution is -1.92. The van der Waals surface area contributed by atoms with E-state index >= 15 is 0 Å². The lowest BCUT2D eigenvalue weighted by atomic mass is 10.2. The Hall–Kier alpha value is -1.97. The van der Waals surface area contributed by atoms with Crippen LogP contribution in [0.1, 0.15) is 5.56 Å². The summed E-state index contributed by atoms with van der Waals surface area (Å²) in [5, 5.41) is 6.54. The Bertz CT molecular complexity index is 396. The third kappa shape index (κ3) is 1.61. The van der Waals surface area contributed by atoms with E-state index in [1.165, 1.54) is 6.08 Å². The van der Waals surface area contributed by atoms with Gasteiger partial charge in [-0.3, -0.25) is 4.79 Å². The fourth-order valence-electron chi connectivity index (χ4n) is 1.00. The van der Waals surface area contributed by atoms with E-state index in [2.05, 4.69) is 10.4 Å². The molecular weight excluding hydrogens is 168 g/mol. The summed E-state index contributed by atoms with van der Waals surface area (Å²) in [5.74, 6) is 0.171. The van der Waals surface area contributed by atoms with Gasteiger partial charge in [0.2, 0.25) is 0 Å². The summed E-state index contributed by atoms with van der Waals surface area (Å²) in [4.78, 5) is 15.7. The number of benzene rings is 1. The molecule has 1 heterocycles. The quantitative estimate of drug-likeness (QED) is 0.603. The van der Waals surface area contributed by atoms with Crippen LogP contribution in [0.4, 0.5) is 0 Å². The smallest absolute Gasteiger partial charge is 0.291 e. The van der Waals surface area contributed by atoms with Crippen molar-refractivity contribution in [1.82, 2.24) is 0 Å². The molecule has 0 aliphatic carbocycles. The van der Waals surface area contributed by atoms with Crippen molar-refractivity contribution < 1.29 is 9.63 Å². The van der Waals surface area contributed by atoms with Crippen LogP contribution in [0.15, 0.2) is 40.7 Å². The normalized spacial score (nSPS) is 16.8. The van der Waals surface area contributed by atoms with Crippen molar-refractivity contribution in [3.05, 3.63) is 35.9 Å². The largest absolute Gasteiger partial charge is 0.339 e. The van der Waals surface area contributed by atoms with E-state index in [9.17, 15) is 4.79 Å². The zero-order chi connectivity index (χ0) is 9.10. The van der Waals surface area contributed by atoms with E-state index in [4.69, 9.17) is 4.84 Å². The maximum atomic E-state index is 10.8. The summed E-state index contributed by atoms with van der Waals surface area (Å²) in [7, 11) is 0. The van der Waals surface area contributed by atoms with Gasteiger partial charge in [-0.25, -0.2) is 0 Å². The minimum absolute atomic E-state index is 0.422. The Balaban J connectivity index is 2.47. The SMILES string of the molecule is O=C1/C=C\c2ccccc2ON=N1. The lowest BCUT2D eigenvalue weighted by Gasteiger charge is -2.02. The zero-order valence-corrected chi connectivity index (χ0v) is 6.68. The number of para-hydroxylation sites is 1. The maximum Gasteiger partial charge on any atom is 0.291 e. The van der Waals surface area contributed by atoms with Crippen LogP contribution < -0.4 is 4.84 Å². The van der Waals surface area contributed by atoms with Crippen molar-refractivity contribution in [3.63, 3.8) is 0 Å². The van der Waals surface area contributed by atoms with Crippen molar-refractivity contribution >= 4 is 12.0 Å². The number of nitrogens with zero attached hydrogens (tertiary/aromatic N) is 2. The second-order valence-electron chi connectivity index (χ2n) is 2.48. The Morgan fingerprint density at radius 3 is 2.92 bits per heavy atom. The first-order valence-corrected chi connectivity index (χ1v) is 3.75. The number of hydrogen-bond donors (Lipinski definition) is 0. The first-order valence-electron chi connectivity index (χ1n) is 3.75. The molecular formula is C9H6N2O2. The second-order valence-corrected chi connectivity index (χ2v) is 2.48. The molecule has 1 amide bonds. The highest BCUT2D eigenvalue weighted by Crippen LogP contribution is 2.20. The van der Waals surface area contributed by atoms with E-state index in [1.54, 1.807) is 12.1 Å². The van der Waals surface area contributed by atoms with Crippen LogP contribution in [0.3, 0.4) is 0 Å². The minimum Gasteiger partial charge on any atom is -0.339 e. The molecule has 1 aliphatic rings. The van der Waals surface area contributed by atoms with Gasteiger partial charge in [-0.05, 0) is 12.1 Å². The van der Waals surface area contributed by atoms with Crippen molar-refractivity contribution in [3.8, 4) is 5.75 Å². The van der Waals surface area contributed by atoms with Crippen molar-refractivity contribution in [2.24, 2.45) is 10.4 Å². The summed E-state index contributed by atoms with van der Waals surface area (Å²) >= 11 is 0. The summed E-state index contributed by atoms with van der Waals surface area (Å²) in [6.45, 7) is 0. The van der Waals surface area contributed by atoms with Gasteiger partial charge in [0.25, 0.3) is 5.91 Å². The molecule has 0 unspecified atom stereocenters. The van der Waals surface area contributed by atoms with E-state index in [0.717, 1.165) is 5.56 Å². The zero-order valence-electron chi connectivity index (χ0n) is 6.68. The number of rotatable bonds is 0. The van der Waals surface area contributed by atoms with Gasteiger partial charge in [0, 0.05) is 16.9 Å². The third-order valence-electron chi connectivity index (χ3n) is 1.60. The standard InChI is InChI=1S/C9H6N2O2/c12-9-6-5-7-3-1-2-4-8(7)13-11-10-9/h1-6H/b6-5-,11-10?. The van der Waals surface area contributed by atoms with Gasteiger partial charge >= 0.3 is 0 Å². The molecule has 0 fully saturated rings. The van der Waals surface area contributed by atoms with Gasteiger partial charge in [-0.1, -0.05) is 23.3 Å². The molecule has 0 radical (unpaired) electrons. The van der Waals surface area contributed by atoms with Crippen LogP contribution in [-0.2, 0) is 4.79 Å². The summed E-state index contributed by atoms with van der Waals surface area (Å²) in [6.07, 6.45) is 3.00. The second kappa shape index (κ2) is 3.18. The predicted molar refractivity (Wildman–Crippen MR) is 46.0 cm³/mol. The van der Waals surface area contributed by atoms with E-state index in [-0.39, 0.29) is 0 Å². The molecule has 2 rings (SSSR count). The van der Waals surface area contributed by atoms with Gasteiger partial charge in [0.05, 0.1) is 0 Å². The molecule has 4 heteroatoms. The topological polar surface area (TPSA) is 51.0 Å². The fraction of sp³-hybridized carbons (Fsp3) is 0. The number of fused-ring (bicyclic) bond motifs is 1. The molecule has 64 valence electrons.